The van der Waals surface area contributed by atoms with Crippen molar-refractivity contribution in [2.24, 2.45) is 17.3 Å². The first-order chi connectivity index (χ1) is 5.77. The van der Waals surface area contributed by atoms with E-state index < -0.39 is 29.2 Å². The second kappa shape index (κ2) is 5.55. The van der Waals surface area contributed by atoms with E-state index in [9.17, 15) is 9.59 Å². The molecule has 0 aliphatic rings. The molecule has 0 aromatic heterocycles. The summed E-state index contributed by atoms with van der Waals surface area (Å²) in [6.07, 6.45) is 0. The zero-order chi connectivity index (χ0) is 10.8. The second-order valence-electron chi connectivity index (χ2n) is 3.79. The molecular weight excluding hydrogens is 196 g/mol. The minimum atomic E-state index is -1.67. The molecule has 0 saturated carbocycles. The standard InChI is InChI=1S/C9H16O4.Mg.2H/c1-5(2)9(6(3)4,7(10)11)8(12)13;;;/h5-6H,1-4H3,(H,10,11)(H,12,13);;;. The fourth-order valence-corrected chi connectivity index (χ4v) is 1.75. The number of carbonyl (C=O) groups is 2. The molecule has 0 rings (SSSR count). The fraction of sp³-hybridized carbons (Fsp3) is 0.778. The molecule has 0 amide bonds. The topological polar surface area (TPSA) is 74.6 Å². The number of hydrogen-bond donors (Lipinski definition) is 2. The number of carboxylic acid groups (broad SMARTS) is 2. The molecule has 14 heavy (non-hydrogen) atoms. The lowest BCUT2D eigenvalue weighted by Gasteiger charge is -2.32. The Labute approximate surface area is 99.8 Å². The van der Waals surface area contributed by atoms with Crippen LogP contribution in [-0.2, 0) is 9.59 Å². The van der Waals surface area contributed by atoms with Gasteiger partial charge in [0.05, 0.1) is 0 Å². The summed E-state index contributed by atoms with van der Waals surface area (Å²) < 4.78 is 0. The van der Waals surface area contributed by atoms with Crippen LogP contribution in [0.4, 0.5) is 0 Å². The molecule has 0 atom stereocenters. The SMILES string of the molecule is CC(C)C(C(=O)O)(C(=O)O)C(C)C.[MgH2]. The summed E-state index contributed by atoms with van der Waals surface area (Å²) >= 11 is 0. The van der Waals surface area contributed by atoms with Crippen LogP contribution in [0.5, 0.6) is 0 Å². The predicted octanol–water partition coefficient (Wildman–Crippen LogP) is 0.538. The Hall–Kier alpha value is -0.294. The van der Waals surface area contributed by atoms with Gasteiger partial charge in [-0.25, -0.2) is 0 Å². The summed E-state index contributed by atoms with van der Waals surface area (Å²) in [5.41, 5.74) is -1.67. The molecule has 0 bridgehead atoms. The minimum Gasteiger partial charge on any atom is -0.480 e. The third-order valence-electron chi connectivity index (χ3n) is 2.53. The highest BCUT2D eigenvalue weighted by Crippen LogP contribution is 2.36. The van der Waals surface area contributed by atoms with E-state index in [0.717, 1.165) is 0 Å². The van der Waals surface area contributed by atoms with Crippen molar-refractivity contribution in [1.29, 1.82) is 0 Å². The van der Waals surface area contributed by atoms with Crippen LogP contribution < -0.4 is 0 Å². The van der Waals surface area contributed by atoms with Gasteiger partial charge in [0.15, 0.2) is 5.41 Å². The van der Waals surface area contributed by atoms with Crippen molar-refractivity contribution in [3.05, 3.63) is 0 Å². The molecule has 0 unspecified atom stereocenters. The molecule has 4 nitrogen and oxygen atoms in total. The summed E-state index contributed by atoms with van der Waals surface area (Å²) in [6.45, 7) is 6.45. The number of rotatable bonds is 4. The minimum absolute atomic E-state index is 0. The van der Waals surface area contributed by atoms with Gasteiger partial charge in [-0.2, -0.15) is 0 Å². The molecule has 0 aromatic carbocycles. The quantitative estimate of drug-likeness (QED) is 0.529. The van der Waals surface area contributed by atoms with E-state index >= 15 is 0 Å². The molecule has 0 saturated heterocycles. The van der Waals surface area contributed by atoms with Gasteiger partial charge in [0.1, 0.15) is 0 Å². The van der Waals surface area contributed by atoms with E-state index in [-0.39, 0.29) is 23.1 Å². The number of carboxylic acids is 2. The lowest BCUT2D eigenvalue weighted by atomic mass is 9.69. The van der Waals surface area contributed by atoms with Gasteiger partial charge in [0, 0.05) is 0 Å². The highest BCUT2D eigenvalue weighted by molar-refractivity contribution is 5.98. The van der Waals surface area contributed by atoms with Gasteiger partial charge in [0.2, 0.25) is 0 Å². The fourth-order valence-electron chi connectivity index (χ4n) is 1.75. The average Bonchev–Trinajstić information content (AvgIpc) is 1.82. The van der Waals surface area contributed by atoms with Crippen molar-refractivity contribution in [2.45, 2.75) is 27.7 Å². The molecule has 0 spiro atoms. The van der Waals surface area contributed by atoms with Crippen LogP contribution in [-0.4, -0.2) is 45.2 Å². The Morgan fingerprint density at radius 3 is 1.14 bits per heavy atom. The summed E-state index contributed by atoms with van der Waals surface area (Å²) in [6, 6.07) is 0. The number of hydrogen-bond acceptors (Lipinski definition) is 2. The molecule has 2 N–H and O–H groups in total. The maximum Gasteiger partial charge on any atom is 0.321 e. The highest BCUT2D eigenvalue weighted by atomic mass is 24.3. The van der Waals surface area contributed by atoms with Gasteiger partial charge in [0.25, 0.3) is 0 Å². The lowest BCUT2D eigenvalue weighted by Crippen LogP contribution is -2.48. The lowest BCUT2D eigenvalue weighted by molar-refractivity contribution is -0.172. The van der Waals surface area contributed by atoms with Crippen LogP contribution in [0, 0.1) is 17.3 Å². The largest absolute Gasteiger partial charge is 0.480 e. The van der Waals surface area contributed by atoms with Gasteiger partial charge in [-0.3, -0.25) is 9.59 Å². The summed E-state index contributed by atoms with van der Waals surface area (Å²) in [4.78, 5) is 21.9. The maximum absolute atomic E-state index is 11.0. The summed E-state index contributed by atoms with van der Waals surface area (Å²) in [7, 11) is 0. The first kappa shape index (κ1) is 16.1. The normalized spacial score (nSPS) is 11.3. The van der Waals surface area contributed by atoms with Gasteiger partial charge in [-0.15, -0.1) is 0 Å². The molecule has 0 heterocycles. The van der Waals surface area contributed by atoms with Crippen LogP contribution in [0.3, 0.4) is 0 Å². The van der Waals surface area contributed by atoms with Crippen LogP contribution >= 0.6 is 0 Å². The van der Waals surface area contributed by atoms with E-state index in [1.165, 1.54) is 0 Å². The summed E-state index contributed by atoms with van der Waals surface area (Å²) in [5.74, 6) is -3.38. The molecule has 5 heteroatoms. The van der Waals surface area contributed by atoms with Crippen molar-refractivity contribution >= 4 is 35.0 Å². The Balaban J connectivity index is 0. The zero-order valence-electron chi connectivity index (χ0n) is 8.37. The van der Waals surface area contributed by atoms with Crippen LogP contribution in [0.2, 0.25) is 0 Å². The molecule has 0 aromatic rings. The first-order valence-corrected chi connectivity index (χ1v) is 4.24. The monoisotopic (exact) mass is 214 g/mol. The van der Waals surface area contributed by atoms with Gasteiger partial charge >= 0.3 is 35.0 Å². The van der Waals surface area contributed by atoms with Gasteiger partial charge < -0.3 is 10.2 Å². The Kier molecular flexibility index (Phi) is 6.41. The van der Waals surface area contributed by atoms with Crippen molar-refractivity contribution in [3.8, 4) is 0 Å². The summed E-state index contributed by atoms with van der Waals surface area (Å²) in [5, 5.41) is 17.9. The van der Waals surface area contributed by atoms with Crippen molar-refractivity contribution in [1.82, 2.24) is 0 Å². The van der Waals surface area contributed by atoms with E-state index in [1.807, 2.05) is 0 Å². The first-order valence-electron chi connectivity index (χ1n) is 4.24. The van der Waals surface area contributed by atoms with Crippen molar-refractivity contribution in [2.75, 3.05) is 0 Å². The molecule has 0 aliphatic carbocycles. The highest BCUT2D eigenvalue weighted by Gasteiger charge is 2.51. The van der Waals surface area contributed by atoms with Crippen LogP contribution in [0.15, 0.2) is 0 Å². The van der Waals surface area contributed by atoms with Crippen LogP contribution in [0.1, 0.15) is 27.7 Å². The van der Waals surface area contributed by atoms with E-state index in [1.54, 1.807) is 27.7 Å². The Morgan fingerprint density at radius 1 is 0.929 bits per heavy atom. The third kappa shape index (κ3) is 2.39. The molecular formula is C9H18MgO4. The predicted molar refractivity (Wildman–Crippen MR) is 55.9 cm³/mol. The molecule has 0 aliphatic heterocycles. The smallest absolute Gasteiger partial charge is 0.321 e. The maximum atomic E-state index is 11.0. The zero-order valence-corrected chi connectivity index (χ0v) is 8.37. The average molecular weight is 215 g/mol. The van der Waals surface area contributed by atoms with E-state index in [0.29, 0.717) is 0 Å². The van der Waals surface area contributed by atoms with Crippen molar-refractivity contribution in [3.63, 3.8) is 0 Å². The second-order valence-corrected chi connectivity index (χ2v) is 3.79. The van der Waals surface area contributed by atoms with Gasteiger partial charge in [-0.05, 0) is 11.8 Å². The Morgan fingerprint density at radius 2 is 1.14 bits per heavy atom. The molecule has 0 radical (unpaired) electrons. The van der Waals surface area contributed by atoms with Crippen molar-refractivity contribution < 1.29 is 19.8 Å². The van der Waals surface area contributed by atoms with E-state index in [2.05, 4.69) is 0 Å². The number of aliphatic carboxylic acids is 2. The van der Waals surface area contributed by atoms with E-state index in [4.69, 9.17) is 10.2 Å². The third-order valence-corrected chi connectivity index (χ3v) is 2.53. The van der Waals surface area contributed by atoms with Gasteiger partial charge in [-0.1, -0.05) is 27.7 Å². The molecule has 0 fully saturated rings. The molecule has 80 valence electrons. The Bertz CT molecular complexity index is 199. The van der Waals surface area contributed by atoms with Crippen LogP contribution in [0.25, 0.3) is 0 Å².